The molecule has 3 aromatic rings. The molecule has 210 valence electrons. The molecule has 40 heavy (non-hydrogen) atoms. The van der Waals surface area contributed by atoms with Crippen LogP contribution in [0, 0.1) is 5.92 Å². The number of fused-ring (bicyclic) bond motifs is 2. The van der Waals surface area contributed by atoms with E-state index in [1.807, 2.05) is 54.0 Å². The Morgan fingerprint density at radius 3 is 2.62 bits per heavy atom. The summed E-state index contributed by atoms with van der Waals surface area (Å²) in [5, 5.41) is 19.2. The van der Waals surface area contributed by atoms with Gasteiger partial charge < -0.3 is 35.1 Å². The first kappa shape index (κ1) is 27.0. The molecule has 1 saturated heterocycles. The van der Waals surface area contributed by atoms with Gasteiger partial charge in [0, 0.05) is 19.0 Å². The van der Waals surface area contributed by atoms with Gasteiger partial charge in [-0.15, -0.1) is 0 Å². The number of anilines is 1. The number of amides is 4. The van der Waals surface area contributed by atoms with Gasteiger partial charge in [0.05, 0.1) is 18.5 Å². The summed E-state index contributed by atoms with van der Waals surface area (Å²) >= 11 is 0. The lowest BCUT2D eigenvalue weighted by atomic mass is 10.1. The minimum atomic E-state index is -1.13. The minimum absolute atomic E-state index is 0.145. The molecule has 2 fully saturated rings. The number of carboxylic acids is 1. The first-order chi connectivity index (χ1) is 19.4. The van der Waals surface area contributed by atoms with Crippen LogP contribution in [-0.4, -0.2) is 80.8 Å². The van der Waals surface area contributed by atoms with E-state index in [9.17, 15) is 14.4 Å². The Labute approximate surface area is 229 Å². The quantitative estimate of drug-likeness (QED) is 0.265. The summed E-state index contributed by atoms with van der Waals surface area (Å²) in [6.07, 6.45) is 5.98. The topological polar surface area (TPSA) is 182 Å². The Balaban J connectivity index is 1.37. The van der Waals surface area contributed by atoms with Crippen molar-refractivity contribution >= 4 is 41.1 Å². The third-order valence-electron chi connectivity index (χ3n) is 6.75. The summed E-state index contributed by atoms with van der Waals surface area (Å²) in [5.74, 6) is -0.996. The average molecular weight is 551 g/mol. The molecule has 5 rings (SSSR count). The normalized spacial score (nSPS) is 23.7. The third kappa shape index (κ3) is 6.02. The smallest absolute Gasteiger partial charge is 0.323 e. The van der Waals surface area contributed by atoms with Crippen molar-refractivity contribution in [3.63, 3.8) is 0 Å². The van der Waals surface area contributed by atoms with Crippen LogP contribution in [-0.2, 0) is 14.3 Å². The molecule has 2 aromatic heterocycles. The number of carbonyl (C=O) groups is 3. The fourth-order valence-corrected chi connectivity index (χ4v) is 5.02. The van der Waals surface area contributed by atoms with Crippen LogP contribution in [0.2, 0.25) is 0 Å². The Hall–Kier alpha value is -4.56. The molecule has 1 aromatic carbocycles. The van der Waals surface area contributed by atoms with Crippen LogP contribution in [0.5, 0.6) is 0 Å². The van der Waals surface area contributed by atoms with Crippen LogP contribution in [0.25, 0.3) is 17.2 Å². The zero-order valence-electron chi connectivity index (χ0n) is 21.7. The van der Waals surface area contributed by atoms with Gasteiger partial charge >= 0.3 is 18.0 Å². The zero-order valence-corrected chi connectivity index (χ0v) is 21.7. The number of aliphatic carboxylic acids is 1. The predicted octanol–water partition coefficient (Wildman–Crippen LogP) is 1.74. The number of aromatic nitrogens is 4. The van der Waals surface area contributed by atoms with Crippen molar-refractivity contribution in [2.45, 2.75) is 37.9 Å². The van der Waals surface area contributed by atoms with Crippen LogP contribution in [0.15, 0.2) is 49.1 Å². The summed E-state index contributed by atoms with van der Waals surface area (Å²) in [7, 11) is 0. The predicted molar refractivity (Wildman–Crippen MR) is 143 cm³/mol. The van der Waals surface area contributed by atoms with E-state index < -0.39 is 30.9 Å². The second-order valence-electron chi connectivity index (χ2n) is 9.39. The van der Waals surface area contributed by atoms with Crippen molar-refractivity contribution in [1.82, 2.24) is 35.5 Å². The van der Waals surface area contributed by atoms with Crippen molar-refractivity contribution in [1.29, 1.82) is 0 Å². The van der Waals surface area contributed by atoms with Crippen LogP contribution in [0.4, 0.5) is 15.4 Å². The number of hydrogen-bond acceptors (Lipinski definition) is 8. The second-order valence-corrected chi connectivity index (χ2v) is 9.39. The van der Waals surface area contributed by atoms with Gasteiger partial charge in [0.25, 0.3) is 0 Å². The van der Waals surface area contributed by atoms with Crippen LogP contribution in [0.3, 0.4) is 0 Å². The number of rotatable bonds is 9. The van der Waals surface area contributed by atoms with E-state index in [0.29, 0.717) is 24.1 Å². The van der Waals surface area contributed by atoms with Crippen molar-refractivity contribution in [3.05, 3.63) is 54.6 Å². The van der Waals surface area contributed by atoms with E-state index in [-0.39, 0.29) is 36.5 Å². The van der Waals surface area contributed by atoms with E-state index >= 15 is 0 Å². The second kappa shape index (κ2) is 12.1. The summed E-state index contributed by atoms with van der Waals surface area (Å²) in [4.78, 5) is 48.1. The van der Waals surface area contributed by atoms with E-state index in [4.69, 9.17) is 14.6 Å². The SMILES string of the molecule is CCNC(=O)Nc1ncnc2c1ncn2C1CC(CNC(=O)NCC(=O)O)C2O[C@H](/C=C/c3ccccc3)OC21. The maximum absolute atomic E-state index is 12.1. The first-order valence-electron chi connectivity index (χ1n) is 12.9. The molecular formula is C26H30N8O6. The average Bonchev–Trinajstić information content (AvgIpc) is 3.64. The van der Waals surface area contributed by atoms with E-state index in [1.54, 1.807) is 6.33 Å². The highest BCUT2D eigenvalue weighted by atomic mass is 16.7. The fraction of sp³-hybridized carbons (Fsp3) is 0.385. The van der Waals surface area contributed by atoms with Crippen LogP contribution < -0.4 is 21.3 Å². The molecule has 1 aliphatic heterocycles. The number of benzene rings is 1. The minimum Gasteiger partial charge on any atom is -0.480 e. The van der Waals surface area contributed by atoms with Gasteiger partial charge in [0.2, 0.25) is 0 Å². The van der Waals surface area contributed by atoms with Gasteiger partial charge in [0.1, 0.15) is 19.0 Å². The number of carboxylic acid groups (broad SMARTS) is 1. The standard InChI is InChI=1S/C26H30N8O6/c1-2-27-26(38)33-23-20-24(31-13-30-23)34(14-32-20)17-10-16(11-28-25(37)29-12-18(35)36)21-22(17)40-19(39-21)9-8-15-6-4-3-5-7-15/h3-9,13-14,16-17,19,21-22H,2,10-12H2,1H3,(H,35,36)(H2,28,29,37)(H2,27,30,31,33,38)/b9-8+/t16?,17?,19-,21?,22?/m0/s1. The van der Waals surface area contributed by atoms with Gasteiger partial charge in [-0.2, -0.15) is 0 Å². The molecule has 2 aliphatic rings. The largest absolute Gasteiger partial charge is 0.480 e. The lowest BCUT2D eigenvalue weighted by molar-refractivity contribution is -0.135. The summed E-state index contributed by atoms with van der Waals surface area (Å²) in [6.45, 7) is 2.03. The lowest BCUT2D eigenvalue weighted by Crippen LogP contribution is -2.42. The summed E-state index contributed by atoms with van der Waals surface area (Å²) in [5.41, 5.74) is 1.95. The number of urea groups is 2. The Morgan fingerprint density at radius 1 is 1.05 bits per heavy atom. The molecule has 5 N–H and O–H groups in total. The van der Waals surface area contributed by atoms with Gasteiger partial charge in [-0.05, 0) is 25.0 Å². The molecular weight excluding hydrogens is 520 g/mol. The monoisotopic (exact) mass is 550 g/mol. The highest BCUT2D eigenvalue weighted by molar-refractivity contribution is 5.95. The molecule has 3 heterocycles. The van der Waals surface area contributed by atoms with Crippen molar-refractivity contribution < 1.29 is 29.0 Å². The molecule has 1 saturated carbocycles. The molecule has 0 radical (unpaired) electrons. The van der Waals surface area contributed by atoms with Gasteiger partial charge in [-0.1, -0.05) is 36.4 Å². The summed E-state index contributed by atoms with van der Waals surface area (Å²) in [6, 6.07) is 8.55. The van der Waals surface area contributed by atoms with Crippen molar-refractivity contribution in [3.8, 4) is 0 Å². The van der Waals surface area contributed by atoms with E-state index in [2.05, 4.69) is 36.2 Å². The molecule has 1 aliphatic carbocycles. The number of nitrogens with zero attached hydrogens (tertiary/aromatic N) is 4. The first-order valence-corrected chi connectivity index (χ1v) is 12.9. The van der Waals surface area contributed by atoms with Crippen LogP contribution >= 0.6 is 0 Å². The maximum Gasteiger partial charge on any atom is 0.323 e. The van der Waals surface area contributed by atoms with Crippen molar-refractivity contribution in [2.24, 2.45) is 5.92 Å². The van der Waals surface area contributed by atoms with Crippen molar-refractivity contribution in [2.75, 3.05) is 25.0 Å². The number of imidazole rings is 1. The Kier molecular flexibility index (Phi) is 8.17. The molecule has 4 amide bonds. The highest BCUT2D eigenvalue weighted by Crippen LogP contribution is 2.45. The van der Waals surface area contributed by atoms with Gasteiger partial charge in [-0.25, -0.2) is 24.5 Å². The molecule has 5 atom stereocenters. The molecule has 0 spiro atoms. The number of ether oxygens (including phenoxy) is 2. The lowest BCUT2D eigenvalue weighted by Gasteiger charge is -2.19. The number of carbonyl (C=O) groups excluding carboxylic acids is 2. The highest BCUT2D eigenvalue weighted by Gasteiger charge is 2.52. The maximum atomic E-state index is 12.1. The van der Waals surface area contributed by atoms with E-state index in [0.717, 1.165) is 5.56 Å². The van der Waals surface area contributed by atoms with Crippen LogP contribution in [0.1, 0.15) is 24.9 Å². The van der Waals surface area contributed by atoms with Gasteiger partial charge in [0.15, 0.2) is 23.3 Å². The zero-order chi connectivity index (χ0) is 28.1. The number of nitrogens with one attached hydrogen (secondary N) is 4. The fourth-order valence-electron chi connectivity index (χ4n) is 5.02. The molecule has 0 bridgehead atoms. The Bertz CT molecular complexity index is 1400. The number of hydrogen-bond donors (Lipinski definition) is 5. The third-order valence-corrected chi connectivity index (χ3v) is 6.75. The summed E-state index contributed by atoms with van der Waals surface area (Å²) < 4.78 is 14.5. The molecule has 4 unspecified atom stereocenters. The van der Waals surface area contributed by atoms with E-state index in [1.165, 1.54) is 6.33 Å². The molecule has 14 heteroatoms. The Morgan fingerprint density at radius 2 is 1.85 bits per heavy atom. The van der Waals surface area contributed by atoms with Gasteiger partial charge in [-0.3, -0.25) is 10.1 Å². The molecule has 14 nitrogen and oxygen atoms in total.